The van der Waals surface area contributed by atoms with E-state index in [0.717, 1.165) is 27.5 Å². The second kappa shape index (κ2) is 8.37. The molecular weight excluding hydrogens is 370 g/mol. The van der Waals surface area contributed by atoms with Gasteiger partial charge >= 0.3 is 0 Å². The summed E-state index contributed by atoms with van der Waals surface area (Å²) in [4.78, 5) is 18.1. The number of imidazole rings is 1. The maximum absolute atomic E-state index is 12.5. The molecule has 1 atom stereocenters. The Hall–Kier alpha value is -2.96. The number of amides is 1. The van der Waals surface area contributed by atoms with Gasteiger partial charge in [0.05, 0.1) is 24.8 Å². The fraction of sp³-hybridized carbons (Fsp3) is 0.182. The van der Waals surface area contributed by atoms with Crippen molar-refractivity contribution in [2.45, 2.75) is 18.9 Å². The van der Waals surface area contributed by atoms with E-state index in [-0.39, 0.29) is 25.0 Å². The first-order valence-corrected chi connectivity index (χ1v) is 10.1. The topological polar surface area (TPSA) is 66.6 Å². The molecule has 0 aliphatic heterocycles. The van der Waals surface area contributed by atoms with Gasteiger partial charge in [-0.15, -0.1) is 11.3 Å². The number of thiazole rings is 1. The molecule has 0 spiro atoms. The minimum atomic E-state index is -0.299. The lowest BCUT2D eigenvalue weighted by atomic mass is 10.1. The molecule has 0 bridgehead atoms. The maximum Gasteiger partial charge on any atom is 0.226 e. The lowest BCUT2D eigenvalue weighted by Crippen LogP contribution is -2.40. The molecule has 0 saturated carbocycles. The van der Waals surface area contributed by atoms with Crippen molar-refractivity contribution in [1.82, 2.24) is 14.7 Å². The van der Waals surface area contributed by atoms with Crippen LogP contribution in [0.3, 0.4) is 0 Å². The van der Waals surface area contributed by atoms with Crippen LogP contribution in [0, 0.1) is 0 Å². The minimum absolute atomic E-state index is 0.0943. The van der Waals surface area contributed by atoms with Crippen LogP contribution in [0.1, 0.15) is 11.3 Å². The molecule has 142 valence electrons. The van der Waals surface area contributed by atoms with Gasteiger partial charge in [-0.2, -0.15) is 0 Å². The summed E-state index contributed by atoms with van der Waals surface area (Å²) in [6.45, 7) is -0.0943. The van der Waals surface area contributed by atoms with Crippen LogP contribution in [-0.4, -0.2) is 33.0 Å². The molecule has 28 heavy (non-hydrogen) atoms. The Morgan fingerprint density at radius 1 is 1.11 bits per heavy atom. The van der Waals surface area contributed by atoms with Crippen molar-refractivity contribution in [3.05, 3.63) is 83.5 Å². The number of aliphatic hydroxyl groups excluding tert-OH is 1. The van der Waals surface area contributed by atoms with E-state index in [1.165, 1.54) is 11.3 Å². The SMILES string of the molecule is O=C(Cc1csc2nc(-c3ccccc3)cn12)N[C@H](CO)Cc1ccccc1. The Kier molecular flexibility index (Phi) is 5.50. The number of nitrogens with one attached hydrogen (secondary N) is 1. The average Bonchev–Trinajstić information content (AvgIpc) is 3.31. The number of carbonyl (C=O) groups excluding carboxylic acids is 1. The van der Waals surface area contributed by atoms with Gasteiger partial charge in [0.1, 0.15) is 0 Å². The number of carbonyl (C=O) groups is 1. The standard InChI is InChI=1S/C22H21N3O2S/c26-14-18(11-16-7-3-1-4-8-16)23-21(27)12-19-15-28-22-24-20(13-25(19)22)17-9-5-2-6-10-17/h1-10,13,15,18,26H,11-12,14H2,(H,23,27)/t18-/m0/s1. The van der Waals surface area contributed by atoms with Gasteiger partial charge in [0.2, 0.25) is 5.91 Å². The molecule has 2 N–H and O–H groups in total. The molecule has 0 aliphatic rings. The maximum atomic E-state index is 12.5. The third kappa shape index (κ3) is 4.13. The van der Waals surface area contributed by atoms with Crippen LogP contribution in [0.2, 0.25) is 0 Å². The molecule has 6 heteroatoms. The van der Waals surface area contributed by atoms with Crippen LogP contribution in [0.25, 0.3) is 16.2 Å². The summed E-state index contributed by atoms with van der Waals surface area (Å²) in [5, 5.41) is 14.5. The molecule has 0 fully saturated rings. The number of aliphatic hydroxyl groups is 1. The molecule has 0 aliphatic carbocycles. The molecule has 0 radical (unpaired) electrons. The second-order valence-electron chi connectivity index (χ2n) is 6.69. The van der Waals surface area contributed by atoms with Crippen LogP contribution in [0.5, 0.6) is 0 Å². The van der Waals surface area contributed by atoms with Crippen LogP contribution in [0.15, 0.2) is 72.2 Å². The van der Waals surface area contributed by atoms with Crippen molar-refractivity contribution in [2.75, 3.05) is 6.61 Å². The highest BCUT2D eigenvalue weighted by atomic mass is 32.1. The number of benzene rings is 2. The van der Waals surface area contributed by atoms with E-state index in [1.807, 2.05) is 76.6 Å². The van der Waals surface area contributed by atoms with Gasteiger partial charge < -0.3 is 10.4 Å². The average molecular weight is 391 g/mol. The number of hydrogen-bond donors (Lipinski definition) is 2. The third-order valence-electron chi connectivity index (χ3n) is 4.61. The Morgan fingerprint density at radius 2 is 1.82 bits per heavy atom. The lowest BCUT2D eigenvalue weighted by Gasteiger charge is -2.16. The van der Waals surface area contributed by atoms with Crippen LogP contribution in [-0.2, 0) is 17.6 Å². The van der Waals surface area contributed by atoms with Crippen molar-refractivity contribution in [3.63, 3.8) is 0 Å². The summed E-state index contributed by atoms with van der Waals surface area (Å²) < 4.78 is 1.97. The fourth-order valence-electron chi connectivity index (χ4n) is 3.21. The monoisotopic (exact) mass is 391 g/mol. The molecule has 1 amide bonds. The molecule has 2 aromatic heterocycles. The van der Waals surface area contributed by atoms with Gasteiger partial charge in [-0.05, 0) is 12.0 Å². The lowest BCUT2D eigenvalue weighted by molar-refractivity contribution is -0.121. The molecule has 2 aromatic carbocycles. The van der Waals surface area contributed by atoms with Gasteiger partial charge in [0.25, 0.3) is 0 Å². The highest BCUT2D eigenvalue weighted by Crippen LogP contribution is 2.23. The first kappa shape index (κ1) is 18.4. The Balaban J connectivity index is 1.45. The fourth-order valence-corrected chi connectivity index (χ4v) is 4.08. The van der Waals surface area contributed by atoms with E-state index in [4.69, 9.17) is 0 Å². The van der Waals surface area contributed by atoms with E-state index in [0.29, 0.717) is 6.42 Å². The summed E-state index contributed by atoms with van der Waals surface area (Å²) in [6, 6.07) is 19.5. The van der Waals surface area contributed by atoms with E-state index in [2.05, 4.69) is 10.3 Å². The molecule has 5 nitrogen and oxygen atoms in total. The third-order valence-corrected chi connectivity index (χ3v) is 5.49. The van der Waals surface area contributed by atoms with Crippen LogP contribution in [0.4, 0.5) is 0 Å². The summed E-state index contributed by atoms with van der Waals surface area (Å²) in [6.07, 6.45) is 2.82. The highest BCUT2D eigenvalue weighted by Gasteiger charge is 2.16. The number of nitrogens with zero attached hydrogens (tertiary/aromatic N) is 2. The highest BCUT2D eigenvalue weighted by molar-refractivity contribution is 7.15. The predicted octanol–water partition coefficient (Wildman–Crippen LogP) is 3.33. The van der Waals surface area contributed by atoms with E-state index >= 15 is 0 Å². The van der Waals surface area contributed by atoms with Crippen molar-refractivity contribution < 1.29 is 9.90 Å². The second-order valence-corrected chi connectivity index (χ2v) is 7.52. The zero-order chi connectivity index (χ0) is 19.3. The molecule has 4 aromatic rings. The molecular formula is C22H21N3O2S. The number of aromatic nitrogens is 2. The van der Waals surface area contributed by atoms with Crippen LogP contribution >= 0.6 is 11.3 Å². The zero-order valence-corrected chi connectivity index (χ0v) is 16.1. The molecule has 4 rings (SSSR count). The van der Waals surface area contributed by atoms with Gasteiger partial charge in [-0.3, -0.25) is 9.20 Å². The summed E-state index contributed by atoms with van der Waals surface area (Å²) >= 11 is 1.52. The van der Waals surface area contributed by atoms with Crippen molar-refractivity contribution in [1.29, 1.82) is 0 Å². The number of fused-ring (bicyclic) bond motifs is 1. The molecule has 2 heterocycles. The number of hydrogen-bond acceptors (Lipinski definition) is 4. The molecule has 0 unspecified atom stereocenters. The smallest absolute Gasteiger partial charge is 0.226 e. The zero-order valence-electron chi connectivity index (χ0n) is 15.3. The number of rotatable bonds is 7. The predicted molar refractivity (Wildman–Crippen MR) is 111 cm³/mol. The summed E-state index contributed by atoms with van der Waals surface area (Å²) in [7, 11) is 0. The Morgan fingerprint density at radius 3 is 2.54 bits per heavy atom. The largest absolute Gasteiger partial charge is 0.394 e. The van der Waals surface area contributed by atoms with Gasteiger partial charge in [0.15, 0.2) is 4.96 Å². The van der Waals surface area contributed by atoms with E-state index in [9.17, 15) is 9.90 Å². The molecule has 0 saturated heterocycles. The van der Waals surface area contributed by atoms with Crippen molar-refractivity contribution in [2.24, 2.45) is 0 Å². The summed E-state index contributed by atoms with van der Waals surface area (Å²) in [5.74, 6) is -0.107. The van der Waals surface area contributed by atoms with E-state index in [1.54, 1.807) is 0 Å². The van der Waals surface area contributed by atoms with Gasteiger partial charge in [-0.25, -0.2) is 4.98 Å². The van der Waals surface area contributed by atoms with Crippen molar-refractivity contribution in [3.8, 4) is 11.3 Å². The Labute approximate surface area is 167 Å². The first-order chi connectivity index (χ1) is 13.7. The summed E-state index contributed by atoms with van der Waals surface area (Å²) in [5.41, 5.74) is 3.92. The van der Waals surface area contributed by atoms with Crippen LogP contribution < -0.4 is 5.32 Å². The minimum Gasteiger partial charge on any atom is -0.394 e. The van der Waals surface area contributed by atoms with Gasteiger partial charge in [0, 0.05) is 22.8 Å². The normalized spacial score (nSPS) is 12.2. The quantitative estimate of drug-likeness (QED) is 0.508. The van der Waals surface area contributed by atoms with E-state index < -0.39 is 0 Å². The van der Waals surface area contributed by atoms with Crippen molar-refractivity contribution >= 4 is 22.2 Å². The van der Waals surface area contributed by atoms with Gasteiger partial charge in [-0.1, -0.05) is 60.7 Å². The Bertz CT molecular complexity index is 1060. The first-order valence-electron chi connectivity index (χ1n) is 9.18.